The lowest BCUT2D eigenvalue weighted by atomic mass is 9.74. The lowest BCUT2D eigenvalue weighted by molar-refractivity contribution is -0.133. The van der Waals surface area contributed by atoms with Crippen LogP contribution in [0.2, 0.25) is 0 Å². The van der Waals surface area contributed by atoms with Crippen LogP contribution in [0.15, 0.2) is 72.5 Å². The van der Waals surface area contributed by atoms with E-state index in [9.17, 15) is 24.0 Å². The quantitative estimate of drug-likeness (QED) is 0.195. The van der Waals surface area contributed by atoms with E-state index in [0.29, 0.717) is 62.1 Å². The number of hydrogen-bond acceptors (Lipinski definition) is 10. The summed E-state index contributed by atoms with van der Waals surface area (Å²) in [6.07, 6.45) is 9.27. The summed E-state index contributed by atoms with van der Waals surface area (Å²) < 4.78 is 18.0. The Morgan fingerprint density at radius 1 is 0.846 bits per heavy atom. The van der Waals surface area contributed by atoms with Gasteiger partial charge in [-0.25, -0.2) is 19.2 Å². The number of fused-ring (bicyclic) bond motifs is 4. The smallest absolute Gasteiger partial charge is 0.328 e. The highest BCUT2D eigenvalue weighted by Gasteiger charge is 2.44. The van der Waals surface area contributed by atoms with E-state index in [-0.39, 0.29) is 40.9 Å². The maximum atomic E-state index is 16.0. The zero-order valence-corrected chi connectivity index (χ0v) is 36.7. The highest BCUT2D eigenvalue weighted by Crippen LogP contribution is 2.47. The number of nitrogens with zero attached hydrogens (tertiary/aromatic N) is 8. The molecule has 2 N–H and O–H groups in total. The average molecular weight is 897 g/mol. The second-order valence-electron chi connectivity index (χ2n) is 18.1. The van der Waals surface area contributed by atoms with Crippen LogP contribution >= 0.6 is 11.3 Å². The van der Waals surface area contributed by atoms with Crippen molar-refractivity contribution in [2.75, 3.05) is 67.5 Å². The monoisotopic (exact) mass is 896 g/mol. The molecule has 11 rings (SSSR count). The number of rotatable bonds is 9. The number of benzene rings is 3. The van der Waals surface area contributed by atoms with Gasteiger partial charge in [-0.3, -0.25) is 39.6 Å². The number of amides is 6. The summed E-state index contributed by atoms with van der Waals surface area (Å²) in [5.41, 5.74) is 7.83. The number of piperidine rings is 1. The van der Waals surface area contributed by atoms with E-state index in [1.807, 2.05) is 39.8 Å². The number of likely N-dealkylation sites (tertiary alicyclic amines) is 1. The van der Waals surface area contributed by atoms with Crippen LogP contribution in [0.1, 0.15) is 76.6 Å². The molecule has 1 unspecified atom stereocenters. The number of urea groups is 1. The van der Waals surface area contributed by atoms with Crippen molar-refractivity contribution in [1.29, 1.82) is 0 Å². The van der Waals surface area contributed by atoms with Crippen LogP contribution in [0.5, 0.6) is 0 Å². The number of aryl methyl sites for hydroxylation is 2. The minimum Gasteiger partial charge on any atom is -0.368 e. The van der Waals surface area contributed by atoms with Gasteiger partial charge >= 0.3 is 6.03 Å². The van der Waals surface area contributed by atoms with E-state index < -0.39 is 23.7 Å². The SMILES string of the molecule is O=C1CCN(c2ccc3c(c2)CCC32CCN(CC(=O)N3CCN(c4ccc(-c5cc(F)c6c(c5)C(=O)N(C(C(=O)Nc5nccs5)c5ncn7c5CCC7)C6)cc4)CC3)CC2)C(=O)N1. The molecule has 15 nitrogen and oxygen atoms in total. The van der Waals surface area contributed by atoms with Crippen molar-refractivity contribution in [2.24, 2.45) is 0 Å². The van der Waals surface area contributed by atoms with Gasteiger partial charge in [0.2, 0.25) is 11.8 Å². The highest BCUT2D eigenvalue weighted by molar-refractivity contribution is 7.13. The number of carbonyl (C=O) groups excluding carboxylic acids is 5. The fourth-order valence-electron chi connectivity index (χ4n) is 11.0. The van der Waals surface area contributed by atoms with E-state index in [1.165, 1.54) is 33.4 Å². The van der Waals surface area contributed by atoms with Gasteiger partial charge in [-0.2, -0.15) is 0 Å². The zero-order chi connectivity index (χ0) is 44.4. The molecule has 5 aliphatic heterocycles. The second-order valence-corrected chi connectivity index (χ2v) is 19.0. The Morgan fingerprint density at radius 3 is 2.42 bits per heavy atom. The van der Waals surface area contributed by atoms with E-state index in [0.717, 1.165) is 80.8 Å². The molecule has 334 valence electrons. The number of hydrogen-bond donors (Lipinski definition) is 2. The average Bonchev–Trinajstić information content (AvgIpc) is 4.18. The van der Waals surface area contributed by atoms with Crippen LogP contribution in [0.3, 0.4) is 0 Å². The van der Waals surface area contributed by atoms with Gasteiger partial charge in [-0.1, -0.05) is 18.2 Å². The molecule has 6 aliphatic rings. The van der Waals surface area contributed by atoms with Gasteiger partial charge in [-0.05, 0) is 116 Å². The van der Waals surface area contributed by atoms with Crippen LogP contribution in [-0.2, 0) is 45.7 Å². The van der Waals surface area contributed by atoms with Crippen LogP contribution in [-0.4, -0.2) is 111 Å². The molecule has 3 fully saturated rings. The predicted octanol–water partition coefficient (Wildman–Crippen LogP) is 5.50. The molecule has 5 aromatic rings. The second kappa shape index (κ2) is 16.5. The number of nitrogens with one attached hydrogen (secondary N) is 2. The Hall–Kier alpha value is -6.46. The van der Waals surface area contributed by atoms with Gasteiger partial charge in [0.15, 0.2) is 11.2 Å². The van der Waals surface area contributed by atoms with Crippen molar-refractivity contribution < 1.29 is 28.4 Å². The summed E-state index contributed by atoms with van der Waals surface area (Å²) in [4.78, 5) is 84.1. The van der Waals surface area contributed by atoms with Gasteiger partial charge in [0.25, 0.3) is 11.8 Å². The molecule has 65 heavy (non-hydrogen) atoms. The maximum absolute atomic E-state index is 16.0. The van der Waals surface area contributed by atoms with Crippen molar-refractivity contribution >= 4 is 57.5 Å². The van der Waals surface area contributed by atoms with Crippen molar-refractivity contribution in [1.82, 2.24) is 34.6 Å². The molecule has 2 aromatic heterocycles. The van der Waals surface area contributed by atoms with E-state index in [2.05, 4.69) is 42.5 Å². The predicted molar refractivity (Wildman–Crippen MR) is 242 cm³/mol. The van der Waals surface area contributed by atoms with Crippen LogP contribution < -0.4 is 20.4 Å². The first-order chi connectivity index (χ1) is 31.6. The Bertz CT molecular complexity index is 2720. The Balaban J connectivity index is 0.698. The fourth-order valence-corrected chi connectivity index (χ4v) is 11.5. The van der Waals surface area contributed by atoms with Crippen molar-refractivity contribution in [3.63, 3.8) is 0 Å². The van der Waals surface area contributed by atoms with Crippen LogP contribution in [0.25, 0.3) is 11.1 Å². The number of anilines is 3. The fraction of sp³-hybridized carbons (Fsp3) is 0.396. The van der Waals surface area contributed by atoms with Crippen molar-refractivity contribution in [3.05, 3.63) is 112 Å². The van der Waals surface area contributed by atoms with Gasteiger partial charge in [0.1, 0.15) is 5.82 Å². The van der Waals surface area contributed by atoms with Crippen LogP contribution in [0, 0.1) is 5.82 Å². The summed E-state index contributed by atoms with van der Waals surface area (Å²) >= 11 is 1.28. The standard InChI is InChI=1S/C48H49FN10O5S/c49-38-26-32(25-35-36(38)27-59(45(35)63)43(44(62)53-46-50-14-23-65-46)42-39-2-1-15-57(39)29-51-42)30-3-5-33(6-4-30)55-19-21-56(22-20-55)41(61)28-54-17-12-48(13-18-54)11-9-31-24-34(7-8-37(31)48)58-16-10-40(60)52-47(58)64/h3-8,14,23-26,29,43H,1-2,9-13,15-22,27-28H2,(H,50,53,62)(H,52,60,64). The first-order valence-electron chi connectivity index (χ1n) is 22.6. The number of aromatic nitrogens is 3. The lowest BCUT2D eigenvalue weighted by Crippen LogP contribution is -2.52. The van der Waals surface area contributed by atoms with Crippen LogP contribution in [0.4, 0.5) is 25.7 Å². The summed E-state index contributed by atoms with van der Waals surface area (Å²) in [7, 11) is 0. The van der Waals surface area contributed by atoms with E-state index in [4.69, 9.17) is 0 Å². The molecular formula is C48H49FN10O5S. The lowest BCUT2D eigenvalue weighted by Gasteiger charge is -2.41. The van der Waals surface area contributed by atoms with Crippen molar-refractivity contribution in [3.8, 4) is 11.1 Å². The minimum absolute atomic E-state index is 0.0554. The number of carbonyl (C=O) groups is 5. The third kappa shape index (κ3) is 7.53. The molecular weight excluding hydrogens is 848 g/mol. The topological polar surface area (TPSA) is 156 Å². The number of halogens is 1. The van der Waals surface area contributed by atoms with Crippen molar-refractivity contribution in [2.45, 2.75) is 69.5 Å². The minimum atomic E-state index is -1.05. The summed E-state index contributed by atoms with van der Waals surface area (Å²) in [5, 5.41) is 7.44. The summed E-state index contributed by atoms with van der Waals surface area (Å²) in [5.74, 6) is -1.44. The molecule has 0 saturated carbocycles. The molecule has 17 heteroatoms. The molecule has 3 aromatic carbocycles. The van der Waals surface area contributed by atoms with E-state index >= 15 is 4.39 Å². The summed E-state index contributed by atoms with van der Waals surface area (Å²) in [6, 6.07) is 16.0. The Kier molecular flexibility index (Phi) is 10.5. The Labute approximate surface area is 379 Å². The largest absolute Gasteiger partial charge is 0.368 e. The number of imidazole rings is 1. The molecule has 6 amide bonds. The third-order valence-corrected chi connectivity index (χ3v) is 15.2. The molecule has 1 aliphatic carbocycles. The number of piperazine rings is 1. The van der Waals surface area contributed by atoms with E-state index in [1.54, 1.807) is 28.9 Å². The molecule has 1 spiro atoms. The molecule has 3 saturated heterocycles. The number of imide groups is 1. The molecule has 7 heterocycles. The van der Waals surface area contributed by atoms with Gasteiger partial charge in [-0.15, -0.1) is 11.3 Å². The van der Waals surface area contributed by atoms with Gasteiger partial charge in [0, 0.05) is 85.5 Å². The Morgan fingerprint density at radius 2 is 1.65 bits per heavy atom. The first-order valence-corrected chi connectivity index (χ1v) is 23.5. The molecule has 1 atom stereocenters. The zero-order valence-electron chi connectivity index (χ0n) is 35.9. The number of thiazole rings is 1. The van der Waals surface area contributed by atoms with Gasteiger partial charge in [0.05, 0.1) is 25.1 Å². The molecule has 0 bridgehead atoms. The maximum Gasteiger partial charge on any atom is 0.328 e. The first kappa shape index (κ1) is 41.3. The summed E-state index contributed by atoms with van der Waals surface area (Å²) in [6.45, 7) is 5.87. The third-order valence-electron chi connectivity index (χ3n) is 14.6. The highest BCUT2D eigenvalue weighted by atomic mass is 32.1. The van der Waals surface area contributed by atoms with Gasteiger partial charge < -0.3 is 19.3 Å². The molecule has 0 radical (unpaired) electrons. The normalized spacial score (nSPS) is 19.7.